The van der Waals surface area contributed by atoms with Crippen LogP contribution in [0.3, 0.4) is 0 Å². The summed E-state index contributed by atoms with van der Waals surface area (Å²) in [4.78, 5) is 24.3. The van der Waals surface area contributed by atoms with Crippen molar-refractivity contribution in [1.29, 1.82) is 0 Å². The summed E-state index contributed by atoms with van der Waals surface area (Å²) >= 11 is 0. The Kier molecular flexibility index (Phi) is 6.05. The highest BCUT2D eigenvalue weighted by molar-refractivity contribution is 5.92. The lowest BCUT2D eigenvalue weighted by atomic mass is 10.3. The highest BCUT2D eigenvalue weighted by Gasteiger charge is 2.14. The summed E-state index contributed by atoms with van der Waals surface area (Å²) in [6.45, 7) is 2.03. The van der Waals surface area contributed by atoms with Gasteiger partial charge >= 0.3 is 5.97 Å². The molecule has 1 N–H and O–H groups in total. The molecule has 0 radical (unpaired) electrons. The van der Waals surface area contributed by atoms with Crippen LogP contribution in [-0.4, -0.2) is 43.5 Å². The summed E-state index contributed by atoms with van der Waals surface area (Å²) in [7, 11) is 1.25. The lowest BCUT2D eigenvalue weighted by molar-refractivity contribution is -0.142. The number of likely N-dealkylation sites (N-methyl/N-ethyl adjacent to an activating group) is 1. The average Bonchev–Trinajstić information content (AvgIpc) is 2.41. The summed E-state index contributed by atoms with van der Waals surface area (Å²) in [5, 5.41) is 2.26. The van der Waals surface area contributed by atoms with E-state index in [2.05, 4.69) is 10.1 Å². The number of nitrogens with one attached hydrogen (secondary N) is 1. The zero-order chi connectivity index (χ0) is 15.1. The first-order valence-electron chi connectivity index (χ1n) is 6.00. The van der Waals surface area contributed by atoms with Crippen LogP contribution in [0.4, 0.5) is 14.5 Å². The van der Waals surface area contributed by atoms with E-state index in [0.29, 0.717) is 6.54 Å². The Morgan fingerprint density at radius 1 is 1.30 bits per heavy atom. The Labute approximate surface area is 115 Å². The van der Waals surface area contributed by atoms with Crippen molar-refractivity contribution in [3.63, 3.8) is 0 Å². The monoisotopic (exact) mass is 286 g/mol. The SMILES string of the molecule is CCN(CC(=O)Nc1cc(F)ccc1F)CC(=O)OC. The van der Waals surface area contributed by atoms with Crippen LogP contribution in [0, 0.1) is 11.6 Å². The first-order chi connectivity index (χ1) is 9.46. The molecule has 20 heavy (non-hydrogen) atoms. The van der Waals surface area contributed by atoms with Gasteiger partial charge in [-0.25, -0.2) is 8.78 Å². The van der Waals surface area contributed by atoms with Gasteiger partial charge in [-0.3, -0.25) is 14.5 Å². The molecule has 0 saturated carbocycles. The fraction of sp³-hybridized carbons (Fsp3) is 0.385. The molecule has 5 nitrogen and oxygen atoms in total. The summed E-state index contributed by atoms with van der Waals surface area (Å²) < 4.78 is 30.8. The molecule has 0 unspecified atom stereocenters. The molecule has 1 amide bonds. The van der Waals surface area contributed by atoms with E-state index in [1.807, 2.05) is 0 Å². The van der Waals surface area contributed by atoms with E-state index >= 15 is 0 Å². The van der Waals surface area contributed by atoms with Crippen LogP contribution in [0.1, 0.15) is 6.92 Å². The number of esters is 1. The summed E-state index contributed by atoms with van der Waals surface area (Å²) in [6.07, 6.45) is 0. The lowest BCUT2D eigenvalue weighted by Gasteiger charge is -2.18. The maximum Gasteiger partial charge on any atom is 0.319 e. The molecule has 1 aromatic carbocycles. The van der Waals surface area contributed by atoms with Gasteiger partial charge in [-0.1, -0.05) is 6.92 Å². The van der Waals surface area contributed by atoms with Crippen molar-refractivity contribution in [3.8, 4) is 0 Å². The predicted molar refractivity (Wildman–Crippen MR) is 69.1 cm³/mol. The third-order valence-corrected chi connectivity index (χ3v) is 2.60. The van der Waals surface area contributed by atoms with E-state index in [1.165, 1.54) is 12.0 Å². The Morgan fingerprint density at radius 3 is 2.60 bits per heavy atom. The minimum Gasteiger partial charge on any atom is -0.468 e. The number of amides is 1. The molecule has 0 aliphatic carbocycles. The number of hydrogen-bond donors (Lipinski definition) is 1. The second-order valence-corrected chi connectivity index (χ2v) is 4.05. The molecule has 0 heterocycles. The van der Waals surface area contributed by atoms with Crippen molar-refractivity contribution in [2.24, 2.45) is 0 Å². The second-order valence-electron chi connectivity index (χ2n) is 4.05. The fourth-order valence-electron chi connectivity index (χ4n) is 1.51. The maximum atomic E-state index is 13.3. The number of ether oxygens (including phenoxy) is 1. The van der Waals surface area contributed by atoms with Gasteiger partial charge in [0, 0.05) is 6.07 Å². The Bertz CT molecular complexity index is 495. The van der Waals surface area contributed by atoms with E-state index in [-0.39, 0.29) is 18.8 Å². The number of carbonyl (C=O) groups is 2. The van der Waals surface area contributed by atoms with Gasteiger partial charge in [-0.2, -0.15) is 0 Å². The Balaban J connectivity index is 2.61. The molecule has 1 aromatic rings. The van der Waals surface area contributed by atoms with Crippen LogP contribution < -0.4 is 5.32 Å². The molecule has 0 aliphatic rings. The number of carbonyl (C=O) groups excluding carboxylic acids is 2. The first kappa shape index (κ1) is 16.0. The molecule has 0 spiro atoms. The minimum absolute atomic E-state index is 0.0496. The van der Waals surface area contributed by atoms with Crippen molar-refractivity contribution in [2.45, 2.75) is 6.92 Å². The molecule has 0 atom stereocenters. The highest BCUT2D eigenvalue weighted by Crippen LogP contribution is 2.15. The highest BCUT2D eigenvalue weighted by atomic mass is 19.1. The molecule has 0 fully saturated rings. The fourth-order valence-corrected chi connectivity index (χ4v) is 1.51. The van der Waals surface area contributed by atoms with Gasteiger partial charge in [0.25, 0.3) is 0 Å². The van der Waals surface area contributed by atoms with Crippen LogP contribution in [0.15, 0.2) is 18.2 Å². The molecule has 0 aromatic heterocycles. The van der Waals surface area contributed by atoms with Crippen molar-refractivity contribution < 1.29 is 23.1 Å². The van der Waals surface area contributed by atoms with Gasteiger partial charge in [0.15, 0.2) is 0 Å². The molecule has 0 bridgehead atoms. The van der Waals surface area contributed by atoms with Crippen LogP contribution in [0.2, 0.25) is 0 Å². The number of nitrogens with zero attached hydrogens (tertiary/aromatic N) is 1. The second kappa shape index (κ2) is 7.54. The van der Waals surface area contributed by atoms with E-state index in [0.717, 1.165) is 18.2 Å². The van der Waals surface area contributed by atoms with Crippen LogP contribution in [-0.2, 0) is 14.3 Å². The number of methoxy groups -OCH3 is 1. The standard InChI is InChI=1S/C13H16F2N2O3/c1-3-17(8-13(19)20-2)7-12(18)16-11-6-9(14)4-5-10(11)15/h4-6H,3,7-8H2,1-2H3,(H,16,18). The Hall–Kier alpha value is -2.02. The average molecular weight is 286 g/mol. The molecule has 7 heteroatoms. The smallest absolute Gasteiger partial charge is 0.319 e. The predicted octanol–water partition coefficient (Wildman–Crippen LogP) is 1.40. The van der Waals surface area contributed by atoms with E-state index < -0.39 is 23.5 Å². The molecular weight excluding hydrogens is 270 g/mol. The third-order valence-electron chi connectivity index (χ3n) is 2.60. The normalized spacial score (nSPS) is 10.4. The Morgan fingerprint density at radius 2 is 2.00 bits per heavy atom. The van der Waals surface area contributed by atoms with E-state index in [9.17, 15) is 18.4 Å². The molecule has 0 saturated heterocycles. The topological polar surface area (TPSA) is 58.6 Å². The number of rotatable bonds is 6. The number of anilines is 1. The number of benzene rings is 1. The van der Waals surface area contributed by atoms with Crippen LogP contribution in [0.5, 0.6) is 0 Å². The summed E-state index contributed by atoms with van der Waals surface area (Å²) in [5.41, 5.74) is -0.232. The quantitative estimate of drug-likeness (QED) is 0.803. The van der Waals surface area contributed by atoms with Crippen molar-refractivity contribution >= 4 is 17.6 Å². The molecule has 0 aliphatic heterocycles. The zero-order valence-corrected chi connectivity index (χ0v) is 11.3. The summed E-state index contributed by atoms with van der Waals surface area (Å²) in [6, 6.07) is 2.78. The number of halogens is 2. The van der Waals surface area contributed by atoms with Gasteiger partial charge < -0.3 is 10.1 Å². The van der Waals surface area contributed by atoms with Crippen molar-refractivity contribution in [3.05, 3.63) is 29.8 Å². The number of hydrogen-bond acceptors (Lipinski definition) is 4. The van der Waals surface area contributed by atoms with E-state index in [1.54, 1.807) is 6.92 Å². The van der Waals surface area contributed by atoms with Gasteiger partial charge in [0.05, 0.1) is 25.9 Å². The minimum atomic E-state index is -0.726. The third kappa shape index (κ3) is 4.93. The largest absolute Gasteiger partial charge is 0.468 e. The van der Waals surface area contributed by atoms with Gasteiger partial charge in [-0.05, 0) is 18.7 Å². The van der Waals surface area contributed by atoms with Gasteiger partial charge in [0.1, 0.15) is 11.6 Å². The van der Waals surface area contributed by atoms with Crippen molar-refractivity contribution in [2.75, 3.05) is 32.1 Å². The van der Waals surface area contributed by atoms with Gasteiger partial charge in [0.2, 0.25) is 5.91 Å². The molecule has 110 valence electrons. The lowest BCUT2D eigenvalue weighted by Crippen LogP contribution is -2.37. The maximum absolute atomic E-state index is 13.3. The van der Waals surface area contributed by atoms with Crippen LogP contribution in [0.25, 0.3) is 0 Å². The molecular formula is C13H16F2N2O3. The first-order valence-corrected chi connectivity index (χ1v) is 6.00. The molecule has 1 rings (SSSR count). The van der Waals surface area contributed by atoms with E-state index in [4.69, 9.17) is 0 Å². The van der Waals surface area contributed by atoms with Crippen LogP contribution >= 0.6 is 0 Å². The van der Waals surface area contributed by atoms with Crippen molar-refractivity contribution in [1.82, 2.24) is 4.90 Å². The summed E-state index contributed by atoms with van der Waals surface area (Å²) in [5.74, 6) is -2.39. The zero-order valence-electron chi connectivity index (χ0n) is 11.3. The van der Waals surface area contributed by atoms with Gasteiger partial charge in [-0.15, -0.1) is 0 Å².